The summed E-state index contributed by atoms with van der Waals surface area (Å²) in [4.78, 5) is 0. The van der Waals surface area contributed by atoms with Crippen molar-refractivity contribution < 1.29 is 14.5 Å². The van der Waals surface area contributed by atoms with Crippen molar-refractivity contribution in [3.8, 4) is 5.75 Å². The minimum atomic E-state index is -0.913. The molecule has 0 aliphatic heterocycles. The van der Waals surface area contributed by atoms with Crippen LogP contribution < -0.4 is 10.2 Å². The van der Waals surface area contributed by atoms with Gasteiger partial charge < -0.3 is 14.5 Å². The third kappa shape index (κ3) is 5.25. The normalized spacial score (nSPS) is 22.2. The molecular formula is C20H32BO3. The molecule has 0 atom stereocenters. The second-order valence-corrected chi connectivity index (χ2v) is 8.04. The standard InChI is InChI=1S/C20H32BO3/c1-6-15-7-11-17(12-8-15)23-18-13-9-16(10-14-18)21-24-20(4,5)19(2,3)22/h9-10,13-15,17,22H,6-8,11-12H2,1-5H3. The lowest BCUT2D eigenvalue weighted by Crippen LogP contribution is -2.49. The summed E-state index contributed by atoms with van der Waals surface area (Å²) in [6, 6.07) is 7.98. The Balaban J connectivity index is 1.83. The third-order valence-electron chi connectivity index (χ3n) is 5.52. The highest BCUT2D eigenvalue weighted by atomic mass is 16.5. The number of aliphatic hydroxyl groups is 1. The molecule has 3 nitrogen and oxygen atoms in total. The molecule has 2 rings (SSSR count). The van der Waals surface area contributed by atoms with Crippen molar-refractivity contribution in [1.29, 1.82) is 0 Å². The van der Waals surface area contributed by atoms with Crippen molar-refractivity contribution in [2.75, 3.05) is 0 Å². The molecule has 1 aromatic carbocycles. The average Bonchev–Trinajstić information content (AvgIpc) is 2.54. The average molecular weight is 331 g/mol. The number of hydrogen-bond donors (Lipinski definition) is 1. The molecule has 4 heteroatoms. The van der Waals surface area contributed by atoms with E-state index in [0.29, 0.717) is 6.10 Å². The Morgan fingerprint density at radius 1 is 1.04 bits per heavy atom. The summed E-state index contributed by atoms with van der Waals surface area (Å²) >= 11 is 0. The monoisotopic (exact) mass is 331 g/mol. The van der Waals surface area contributed by atoms with Gasteiger partial charge in [-0.2, -0.15) is 0 Å². The molecule has 1 saturated carbocycles. The van der Waals surface area contributed by atoms with E-state index in [1.54, 1.807) is 21.3 Å². The van der Waals surface area contributed by atoms with Crippen LogP contribution in [0.25, 0.3) is 0 Å². The first-order chi connectivity index (χ1) is 11.2. The molecular weight excluding hydrogens is 299 g/mol. The Kier molecular flexibility index (Phi) is 6.38. The Morgan fingerprint density at radius 3 is 2.12 bits per heavy atom. The number of ether oxygens (including phenoxy) is 1. The maximum atomic E-state index is 10.1. The number of benzene rings is 1. The molecule has 1 radical (unpaired) electrons. The molecule has 1 aliphatic carbocycles. The van der Waals surface area contributed by atoms with Gasteiger partial charge in [0.1, 0.15) is 5.75 Å². The lowest BCUT2D eigenvalue weighted by molar-refractivity contribution is -0.0893. The Morgan fingerprint density at radius 2 is 1.62 bits per heavy atom. The molecule has 0 unspecified atom stereocenters. The summed E-state index contributed by atoms with van der Waals surface area (Å²) in [6.45, 7) is 9.56. The molecule has 133 valence electrons. The van der Waals surface area contributed by atoms with E-state index in [9.17, 15) is 5.11 Å². The fourth-order valence-electron chi connectivity index (χ4n) is 2.83. The summed E-state index contributed by atoms with van der Waals surface area (Å²) in [5.74, 6) is 1.81. The lowest BCUT2D eigenvalue weighted by atomic mass is 9.82. The van der Waals surface area contributed by atoms with Gasteiger partial charge in [0.05, 0.1) is 17.3 Å². The molecule has 1 fully saturated rings. The van der Waals surface area contributed by atoms with Crippen molar-refractivity contribution in [3.05, 3.63) is 24.3 Å². The highest BCUT2D eigenvalue weighted by molar-refractivity contribution is 6.47. The van der Waals surface area contributed by atoms with Gasteiger partial charge in [-0.15, -0.1) is 0 Å². The lowest BCUT2D eigenvalue weighted by Gasteiger charge is -2.37. The zero-order chi connectivity index (χ0) is 17.8. The number of rotatable bonds is 7. The van der Waals surface area contributed by atoms with Crippen LogP contribution in [0, 0.1) is 5.92 Å². The SMILES string of the molecule is CCC1CCC(Oc2ccc([B]OC(C)(C)C(C)(C)O)cc2)CC1. The molecule has 0 amide bonds. The highest BCUT2D eigenvalue weighted by Gasteiger charge is 2.35. The van der Waals surface area contributed by atoms with Crippen molar-refractivity contribution >= 4 is 12.9 Å². The van der Waals surface area contributed by atoms with Crippen LogP contribution in [0.3, 0.4) is 0 Å². The van der Waals surface area contributed by atoms with Crippen LogP contribution in [-0.4, -0.2) is 29.9 Å². The molecule has 1 N–H and O–H groups in total. The van der Waals surface area contributed by atoms with Gasteiger partial charge in [0.25, 0.3) is 0 Å². The zero-order valence-electron chi connectivity index (χ0n) is 15.8. The largest absolute Gasteiger partial charge is 0.490 e. The number of hydrogen-bond acceptors (Lipinski definition) is 3. The Hall–Kier alpha value is -0.995. The smallest absolute Gasteiger partial charge is 0.330 e. The van der Waals surface area contributed by atoms with Gasteiger partial charge in [0.2, 0.25) is 0 Å². The van der Waals surface area contributed by atoms with Crippen molar-refractivity contribution in [2.45, 2.75) is 84.0 Å². The van der Waals surface area contributed by atoms with E-state index in [0.717, 1.165) is 30.0 Å². The molecule has 0 spiro atoms. The van der Waals surface area contributed by atoms with Gasteiger partial charge in [-0.05, 0) is 71.4 Å². The Labute approximate surface area is 148 Å². The van der Waals surface area contributed by atoms with E-state index in [-0.39, 0.29) is 0 Å². The molecule has 0 aromatic heterocycles. The van der Waals surface area contributed by atoms with Gasteiger partial charge in [0, 0.05) is 0 Å². The second kappa shape index (κ2) is 7.92. The van der Waals surface area contributed by atoms with Gasteiger partial charge in [-0.1, -0.05) is 30.9 Å². The third-order valence-corrected chi connectivity index (χ3v) is 5.52. The topological polar surface area (TPSA) is 38.7 Å². The van der Waals surface area contributed by atoms with Gasteiger partial charge >= 0.3 is 7.48 Å². The van der Waals surface area contributed by atoms with Crippen molar-refractivity contribution in [2.24, 2.45) is 5.92 Å². The van der Waals surface area contributed by atoms with E-state index in [1.165, 1.54) is 19.3 Å². The van der Waals surface area contributed by atoms with Crippen LogP contribution in [0.1, 0.15) is 66.7 Å². The molecule has 0 heterocycles. The van der Waals surface area contributed by atoms with E-state index >= 15 is 0 Å². The van der Waals surface area contributed by atoms with Crippen LogP contribution in [0.2, 0.25) is 0 Å². The van der Waals surface area contributed by atoms with Gasteiger partial charge in [0.15, 0.2) is 0 Å². The molecule has 0 saturated heterocycles. The summed E-state index contributed by atoms with van der Waals surface area (Å²) in [5.41, 5.74) is -0.599. The van der Waals surface area contributed by atoms with Crippen LogP contribution in [-0.2, 0) is 4.65 Å². The first-order valence-corrected chi connectivity index (χ1v) is 9.21. The molecule has 1 aromatic rings. The van der Waals surface area contributed by atoms with E-state index in [2.05, 4.69) is 6.92 Å². The van der Waals surface area contributed by atoms with Crippen LogP contribution in [0.15, 0.2) is 24.3 Å². The van der Waals surface area contributed by atoms with E-state index in [4.69, 9.17) is 9.39 Å². The van der Waals surface area contributed by atoms with Crippen molar-refractivity contribution in [1.82, 2.24) is 0 Å². The fourth-order valence-corrected chi connectivity index (χ4v) is 2.83. The van der Waals surface area contributed by atoms with Crippen LogP contribution in [0.5, 0.6) is 5.75 Å². The van der Waals surface area contributed by atoms with E-state index < -0.39 is 11.2 Å². The maximum absolute atomic E-state index is 10.1. The summed E-state index contributed by atoms with van der Waals surface area (Å²) < 4.78 is 11.9. The fraction of sp³-hybridized carbons (Fsp3) is 0.700. The Bertz CT molecular complexity index is 497. The van der Waals surface area contributed by atoms with Crippen LogP contribution >= 0.6 is 0 Å². The molecule has 0 bridgehead atoms. The first-order valence-electron chi connectivity index (χ1n) is 9.21. The second-order valence-electron chi connectivity index (χ2n) is 8.04. The van der Waals surface area contributed by atoms with Crippen molar-refractivity contribution in [3.63, 3.8) is 0 Å². The van der Waals surface area contributed by atoms with Crippen LogP contribution in [0.4, 0.5) is 0 Å². The minimum absolute atomic E-state index is 0.355. The van der Waals surface area contributed by atoms with Gasteiger partial charge in [-0.3, -0.25) is 0 Å². The van der Waals surface area contributed by atoms with Gasteiger partial charge in [-0.25, -0.2) is 0 Å². The minimum Gasteiger partial charge on any atom is -0.490 e. The maximum Gasteiger partial charge on any atom is 0.330 e. The molecule has 24 heavy (non-hydrogen) atoms. The van der Waals surface area contributed by atoms with E-state index in [1.807, 2.05) is 38.1 Å². The summed E-state index contributed by atoms with van der Waals surface area (Å²) in [6.07, 6.45) is 6.54. The quantitative estimate of drug-likeness (QED) is 0.772. The first kappa shape index (κ1) is 19.3. The zero-order valence-corrected chi connectivity index (χ0v) is 15.8. The highest BCUT2D eigenvalue weighted by Crippen LogP contribution is 2.29. The molecule has 1 aliphatic rings. The predicted octanol–water partition coefficient (Wildman–Crippen LogP) is 3.84. The predicted molar refractivity (Wildman–Crippen MR) is 100.0 cm³/mol. The summed E-state index contributed by atoms with van der Waals surface area (Å²) in [5, 5.41) is 10.1. The summed E-state index contributed by atoms with van der Waals surface area (Å²) in [7, 11) is 1.70.